The molecule has 0 amide bonds. The van der Waals surface area contributed by atoms with Gasteiger partial charge < -0.3 is 14.6 Å². The zero-order chi connectivity index (χ0) is 12.3. The fourth-order valence-electron chi connectivity index (χ4n) is 1.54. The SMILES string of the molecule is CC(C)Oc1c(C(=O)[O-])cccc1C(C)C. The Morgan fingerprint density at radius 2 is 1.88 bits per heavy atom. The molecule has 0 spiro atoms. The summed E-state index contributed by atoms with van der Waals surface area (Å²) < 4.78 is 5.58. The van der Waals surface area contributed by atoms with Crippen LogP contribution < -0.4 is 9.84 Å². The van der Waals surface area contributed by atoms with Crippen molar-refractivity contribution in [3.05, 3.63) is 29.3 Å². The number of carboxylic acid groups (broad SMARTS) is 1. The van der Waals surface area contributed by atoms with Crippen molar-refractivity contribution < 1.29 is 14.6 Å². The van der Waals surface area contributed by atoms with E-state index >= 15 is 0 Å². The molecule has 0 fully saturated rings. The molecule has 0 radical (unpaired) electrons. The van der Waals surface area contributed by atoms with Crippen LogP contribution in [0.4, 0.5) is 0 Å². The van der Waals surface area contributed by atoms with Gasteiger partial charge in [-0.05, 0) is 31.4 Å². The molecule has 0 atom stereocenters. The molecular formula is C13H17O3-. The van der Waals surface area contributed by atoms with E-state index in [1.165, 1.54) is 6.07 Å². The molecule has 0 aliphatic carbocycles. The topological polar surface area (TPSA) is 49.4 Å². The molecule has 0 N–H and O–H groups in total. The van der Waals surface area contributed by atoms with Crippen molar-refractivity contribution in [1.29, 1.82) is 0 Å². The number of aromatic carboxylic acids is 1. The third-order valence-corrected chi connectivity index (χ3v) is 2.24. The molecule has 1 aromatic carbocycles. The summed E-state index contributed by atoms with van der Waals surface area (Å²) in [5.74, 6) is -0.543. The Kier molecular flexibility index (Phi) is 3.93. The van der Waals surface area contributed by atoms with Crippen LogP contribution in [0.2, 0.25) is 0 Å². The first-order chi connectivity index (χ1) is 7.43. The van der Waals surface area contributed by atoms with Crippen LogP contribution in [-0.4, -0.2) is 12.1 Å². The number of ether oxygens (including phenoxy) is 1. The zero-order valence-corrected chi connectivity index (χ0v) is 10.1. The van der Waals surface area contributed by atoms with E-state index in [-0.39, 0.29) is 17.6 Å². The Morgan fingerprint density at radius 3 is 2.31 bits per heavy atom. The third-order valence-electron chi connectivity index (χ3n) is 2.24. The van der Waals surface area contributed by atoms with Gasteiger partial charge in [0.05, 0.1) is 12.1 Å². The predicted octanol–water partition coefficient (Wildman–Crippen LogP) is 1.96. The summed E-state index contributed by atoms with van der Waals surface area (Å²) in [4.78, 5) is 11.0. The molecule has 88 valence electrons. The third kappa shape index (κ3) is 2.75. The highest BCUT2D eigenvalue weighted by Gasteiger charge is 2.14. The maximum Gasteiger partial charge on any atom is 0.132 e. The van der Waals surface area contributed by atoms with E-state index in [0.717, 1.165) is 5.56 Å². The number of carbonyl (C=O) groups is 1. The molecule has 0 aliphatic rings. The van der Waals surface area contributed by atoms with Crippen molar-refractivity contribution in [2.45, 2.75) is 39.7 Å². The lowest BCUT2D eigenvalue weighted by atomic mass is 9.99. The number of para-hydroxylation sites is 1. The van der Waals surface area contributed by atoms with Crippen LogP contribution in [0.1, 0.15) is 49.5 Å². The molecule has 0 aromatic heterocycles. The van der Waals surface area contributed by atoms with Crippen molar-refractivity contribution in [1.82, 2.24) is 0 Å². The lowest BCUT2D eigenvalue weighted by Gasteiger charge is -2.20. The largest absolute Gasteiger partial charge is 0.545 e. The van der Waals surface area contributed by atoms with Crippen LogP contribution in [0.5, 0.6) is 5.75 Å². The van der Waals surface area contributed by atoms with Gasteiger partial charge in [-0.25, -0.2) is 0 Å². The Balaban J connectivity index is 3.29. The quantitative estimate of drug-likeness (QED) is 0.781. The monoisotopic (exact) mass is 221 g/mol. The fourth-order valence-corrected chi connectivity index (χ4v) is 1.54. The maximum absolute atomic E-state index is 11.0. The number of hydrogen-bond acceptors (Lipinski definition) is 3. The molecular weight excluding hydrogens is 204 g/mol. The lowest BCUT2D eigenvalue weighted by Crippen LogP contribution is -2.24. The minimum Gasteiger partial charge on any atom is -0.545 e. The van der Waals surface area contributed by atoms with Gasteiger partial charge >= 0.3 is 0 Å². The molecule has 0 saturated carbocycles. The van der Waals surface area contributed by atoms with Crippen molar-refractivity contribution >= 4 is 5.97 Å². The van der Waals surface area contributed by atoms with Crippen molar-refractivity contribution in [3.63, 3.8) is 0 Å². The number of carbonyl (C=O) groups excluding carboxylic acids is 1. The van der Waals surface area contributed by atoms with Crippen LogP contribution in [0.25, 0.3) is 0 Å². The minimum absolute atomic E-state index is 0.0574. The number of benzene rings is 1. The van der Waals surface area contributed by atoms with Crippen LogP contribution in [-0.2, 0) is 0 Å². The molecule has 3 nitrogen and oxygen atoms in total. The van der Waals surface area contributed by atoms with Crippen LogP contribution in [0.3, 0.4) is 0 Å². The summed E-state index contributed by atoms with van der Waals surface area (Å²) in [6.07, 6.45) is -0.0574. The van der Waals surface area contributed by atoms with Gasteiger partial charge in [0.25, 0.3) is 0 Å². The van der Waals surface area contributed by atoms with E-state index in [2.05, 4.69) is 0 Å². The molecule has 0 aliphatic heterocycles. The van der Waals surface area contributed by atoms with Gasteiger partial charge in [0, 0.05) is 5.56 Å². The molecule has 0 bridgehead atoms. The van der Waals surface area contributed by atoms with E-state index in [1.54, 1.807) is 6.07 Å². The summed E-state index contributed by atoms with van der Waals surface area (Å²) >= 11 is 0. The van der Waals surface area contributed by atoms with Gasteiger partial charge in [0.15, 0.2) is 0 Å². The van der Waals surface area contributed by atoms with Crippen LogP contribution >= 0.6 is 0 Å². The first-order valence-corrected chi connectivity index (χ1v) is 5.44. The standard InChI is InChI=1S/C13H18O3/c1-8(2)10-6-5-7-11(13(14)15)12(10)16-9(3)4/h5-9H,1-4H3,(H,14,15)/p-1. The van der Waals surface area contributed by atoms with Gasteiger partial charge in [-0.2, -0.15) is 0 Å². The molecule has 1 aromatic rings. The minimum atomic E-state index is -1.20. The highest BCUT2D eigenvalue weighted by atomic mass is 16.5. The molecule has 16 heavy (non-hydrogen) atoms. The van der Waals surface area contributed by atoms with E-state index in [0.29, 0.717) is 5.75 Å². The smallest absolute Gasteiger partial charge is 0.132 e. The summed E-state index contributed by atoms with van der Waals surface area (Å²) in [5, 5.41) is 11.0. The Hall–Kier alpha value is -1.51. The predicted molar refractivity (Wildman–Crippen MR) is 60.6 cm³/mol. The van der Waals surface area contributed by atoms with Gasteiger partial charge in [-0.1, -0.05) is 26.0 Å². The molecule has 1 rings (SSSR count). The first kappa shape index (κ1) is 12.6. The average Bonchev–Trinajstić information content (AvgIpc) is 2.16. The number of rotatable bonds is 4. The summed E-state index contributed by atoms with van der Waals surface area (Å²) in [5.41, 5.74) is 1.02. The van der Waals surface area contributed by atoms with E-state index in [1.807, 2.05) is 33.8 Å². The zero-order valence-electron chi connectivity index (χ0n) is 10.1. The first-order valence-electron chi connectivity index (χ1n) is 5.44. The Morgan fingerprint density at radius 1 is 1.25 bits per heavy atom. The number of carboxylic acids is 1. The molecule has 0 unspecified atom stereocenters. The van der Waals surface area contributed by atoms with Crippen LogP contribution in [0, 0.1) is 0 Å². The van der Waals surface area contributed by atoms with E-state index < -0.39 is 5.97 Å². The van der Waals surface area contributed by atoms with E-state index in [4.69, 9.17) is 4.74 Å². The lowest BCUT2D eigenvalue weighted by molar-refractivity contribution is -0.255. The second-order valence-electron chi connectivity index (χ2n) is 4.33. The fraction of sp³-hybridized carbons (Fsp3) is 0.462. The summed E-state index contributed by atoms with van der Waals surface area (Å²) in [6.45, 7) is 7.75. The van der Waals surface area contributed by atoms with Crippen molar-refractivity contribution in [3.8, 4) is 5.75 Å². The Bertz CT molecular complexity index is 381. The Labute approximate surface area is 96.1 Å². The molecule has 3 heteroatoms. The maximum atomic E-state index is 11.0. The van der Waals surface area contributed by atoms with Gasteiger partial charge in [-0.3, -0.25) is 0 Å². The molecule has 0 saturated heterocycles. The summed E-state index contributed by atoms with van der Waals surface area (Å²) in [6, 6.07) is 5.11. The highest BCUT2D eigenvalue weighted by molar-refractivity contribution is 5.89. The average molecular weight is 221 g/mol. The highest BCUT2D eigenvalue weighted by Crippen LogP contribution is 2.30. The van der Waals surface area contributed by atoms with Crippen LogP contribution in [0.15, 0.2) is 18.2 Å². The van der Waals surface area contributed by atoms with E-state index in [9.17, 15) is 9.90 Å². The van der Waals surface area contributed by atoms with Crippen molar-refractivity contribution in [2.24, 2.45) is 0 Å². The normalized spacial score (nSPS) is 10.9. The van der Waals surface area contributed by atoms with Gasteiger partial charge in [-0.15, -0.1) is 0 Å². The van der Waals surface area contributed by atoms with Crippen molar-refractivity contribution in [2.75, 3.05) is 0 Å². The van der Waals surface area contributed by atoms with Gasteiger partial charge in [0.1, 0.15) is 5.75 Å². The summed E-state index contributed by atoms with van der Waals surface area (Å²) in [7, 11) is 0. The molecule has 0 heterocycles. The second-order valence-corrected chi connectivity index (χ2v) is 4.33. The van der Waals surface area contributed by atoms with Gasteiger partial charge in [0.2, 0.25) is 0 Å². The second kappa shape index (κ2) is 5.01. The number of hydrogen-bond donors (Lipinski definition) is 0.